The lowest BCUT2D eigenvalue weighted by Crippen LogP contribution is -2.24. The second-order valence-electron chi connectivity index (χ2n) is 7.03. The molecule has 9 nitrogen and oxygen atoms in total. The first-order chi connectivity index (χ1) is 16.4. The molecule has 4 rings (SSSR count). The van der Waals surface area contributed by atoms with Crippen molar-refractivity contribution in [2.75, 3.05) is 18.0 Å². The number of rotatable bonds is 4. The Morgan fingerprint density at radius 2 is 1.85 bits per heavy atom. The molecular weight excluding hydrogens is 435 g/mol. The second-order valence-corrected chi connectivity index (χ2v) is 7.03. The number of carbonyl (C=O) groups excluding carboxylic acids is 1. The largest absolute Gasteiger partial charge is 0.382 e. The molecule has 0 radical (unpaired) electrons. The number of anilines is 2. The van der Waals surface area contributed by atoms with Crippen molar-refractivity contribution in [3.63, 3.8) is 0 Å². The van der Waals surface area contributed by atoms with Crippen LogP contribution < -0.4 is 16.8 Å². The van der Waals surface area contributed by atoms with Gasteiger partial charge < -0.3 is 16.8 Å². The highest BCUT2D eigenvalue weighted by molar-refractivity contribution is 6.11. The number of benzene rings is 1. The lowest BCUT2D eigenvalue weighted by Gasteiger charge is -2.16. The number of amides is 1. The number of nitrogen functional groups attached to an aromatic ring is 2. The SMILES string of the molecule is CCNC(=O)c1c(-c2ccccn2)c(CC)nc2ccc(F)cc12.N#Cc1c(N)ncnc1N. The van der Waals surface area contributed by atoms with Gasteiger partial charge in [0.1, 0.15) is 35.4 Å². The fourth-order valence-corrected chi connectivity index (χ4v) is 3.34. The van der Waals surface area contributed by atoms with E-state index in [1.165, 1.54) is 18.5 Å². The highest BCUT2D eigenvalue weighted by Gasteiger charge is 2.22. The van der Waals surface area contributed by atoms with Gasteiger partial charge in [0, 0.05) is 23.7 Å². The van der Waals surface area contributed by atoms with Gasteiger partial charge in [0.15, 0.2) is 0 Å². The quantitative estimate of drug-likeness (QED) is 0.420. The predicted octanol–water partition coefficient (Wildman–Crippen LogP) is 3.26. The Balaban J connectivity index is 0.000000271. The van der Waals surface area contributed by atoms with E-state index in [0.29, 0.717) is 40.7 Å². The first-order valence-corrected chi connectivity index (χ1v) is 10.5. The monoisotopic (exact) mass is 458 g/mol. The van der Waals surface area contributed by atoms with Crippen LogP contribution in [0.2, 0.25) is 0 Å². The highest BCUT2D eigenvalue weighted by atomic mass is 19.1. The van der Waals surface area contributed by atoms with Gasteiger partial charge in [-0.1, -0.05) is 13.0 Å². The Kier molecular flexibility index (Phi) is 7.61. The van der Waals surface area contributed by atoms with Crippen molar-refractivity contribution in [1.29, 1.82) is 5.26 Å². The molecule has 3 heterocycles. The molecular formula is C24H23FN8O. The molecule has 0 fully saturated rings. The van der Waals surface area contributed by atoms with Crippen LogP contribution in [0.5, 0.6) is 0 Å². The zero-order chi connectivity index (χ0) is 24.7. The number of aryl methyl sites for hydroxylation is 1. The topological polar surface area (TPSA) is 156 Å². The number of nitrogens with one attached hydrogen (secondary N) is 1. The van der Waals surface area contributed by atoms with E-state index in [9.17, 15) is 9.18 Å². The van der Waals surface area contributed by atoms with Crippen LogP contribution in [0.15, 0.2) is 48.9 Å². The summed E-state index contributed by atoms with van der Waals surface area (Å²) in [4.78, 5) is 28.9. The lowest BCUT2D eigenvalue weighted by molar-refractivity contribution is 0.0958. The first-order valence-electron chi connectivity index (χ1n) is 10.5. The number of hydrogen-bond donors (Lipinski definition) is 3. The number of nitriles is 1. The number of aromatic nitrogens is 4. The van der Waals surface area contributed by atoms with E-state index in [1.54, 1.807) is 18.3 Å². The van der Waals surface area contributed by atoms with Crippen molar-refractivity contribution in [2.24, 2.45) is 0 Å². The molecule has 0 unspecified atom stereocenters. The molecule has 0 bridgehead atoms. The summed E-state index contributed by atoms with van der Waals surface area (Å²) in [5, 5.41) is 11.7. The van der Waals surface area contributed by atoms with Crippen molar-refractivity contribution in [3.05, 3.63) is 71.6 Å². The minimum atomic E-state index is -0.397. The minimum absolute atomic E-state index is 0.120. The summed E-state index contributed by atoms with van der Waals surface area (Å²) in [6, 6.07) is 11.6. The van der Waals surface area contributed by atoms with Gasteiger partial charge >= 0.3 is 0 Å². The van der Waals surface area contributed by atoms with Crippen molar-refractivity contribution >= 4 is 28.4 Å². The Morgan fingerprint density at radius 3 is 2.41 bits per heavy atom. The molecule has 0 saturated carbocycles. The fourth-order valence-electron chi connectivity index (χ4n) is 3.34. The molecule has 0 aliphatic heterocycles. The number of halogens is 1. The van der Waals surface area contributed by atoms with Crippen LogP contribution in [0, 0.1) is 17.1 Å². The van der Waals surface area contributed by atoms with Gasteiger partial charge in [-0.3, -0.25) is 14.8 Å². The third-order valence-corrected chi connectivity index (χ3v) is 4.86. The first kappa shape index (κ1) is 24.0. The van der Waals surface area contributed by atoms with Crippen LogP contribution in [0.25, 0.3) is 22.2 Å². The van der Waals surface area contributed by atoms with Crippen LogP contribution in [0.1, 0.15) is 35.5 Å². The minimum Gasteiger partial charge on any atom is -0.382 e. The smallest absolute Gasteiger partial charge is 0.252 e. The molecule has 34 heavy (non-hydrogen) atoms. The van der Waals surface area contributed by atoms with Crippen molar-refractivity contribution < 1.29 is 9.18 Å². The number of pyridine rings is 2. The van der Waals surface area contributed by atoms with Gasteiger partial charge in [-0.25, -0.2) is 14.4 Å². The molecule has 0 spiro atoms. The molecule has 1 amide bonds. The normalized spacial score (nSPS) is 10.2. The zero-order valence-electron chi connectivity index (χ0n) is 18.7. The van der Waals surface area contributed by atoms with Gasteiger partial charge in [0.2, 0.25) is 0 Å². The van der Waals surface area contributed by atoms with E-state index in [1.807, 2.05) is 32.0 Å². The second kappa shape index (κ2) is 10.8. The van der Waals surface area contributed by atoms with Crippen molar-refractivity contribution in [2.45, 2.75) is 20.3 Å². The van der Waals surface area contributed by atoms with Gasteiger partial charge in [0.05, 0.1) is 22.5 Å². The maximum atomic E-state index is 13.8. The van der Waals surface area contributed by atoms with Crippen LogP contribution >= 0.6 is 0 Å². The Bertz CT molecular complexity index is 1350. The van der Waals surface area contributed by atoms with Gasteiger partial charge in [-0.05, 0) is 43.7 Å². The zero-order valence-corrected chi connectivity index (χ0v) is 18.7. The van der Waals surface area contributed by atoms with Crippen LogP contribution in [0.4, 0.5) is 16.0 Å². The summed E-state index contributed by atoms with van der Waals surface area (Å²) >= 11 is 0. The maximum absolute atomic E-state index is 13.8. The van der Waals surface area contributed by atoms with E-state index >= 15 is 0 Å². The molecule has 0 atom stereocenters. The molecule has 4 aromatic rings. The van der Waals surface area contributed by atoms with E-state index in [4.69, 9.17) is 16.7 Å². The number of hydrogen-bond acceptors (Lipinski definition) is 8. The van der Waals surface area contributed by atoms with Gasteiger partial charge in [-0.2, -0.15) is 5.26 Å². The Labute approximate surface area is 195 Å². The van der Waals surface area contributed by atoms with E-state index in [0.717, 1.165) is 5.69 Å². The predicted molar refractivity (Wildman–Crippen MR) is 128 cm³/mol. The average molecular weight is 459 g/mol. The molecule has 3 aromatic heterocycles. The van der Waals surface area contributed by atoms with Gasteiger partial charge in [0.25, 0.3) is 5.91 Å². The third-order valence-electron chi connectivity index (χ3n) is 4.86. The molecule has 172 valence electrons. The summed E-state index contributed by atoms with van der Waals surface area (Å²) in [5.41, 5.74) is 13.8. The summed E-state index contributed by atoms with van der Waals surface area (Å²) < 4.78 is 13.8. The third kappa shape index (κ3) is 5.05. The molecule has 0 saturated heterocycles. The molecule has 0 aliphatic carbocycles. The summed E-state index contributed by atoms with van der Waals surface area (Å²) in [5.74, 6) is -0.401. The number of fused-ring (bicyclic) bond motifs is 1. The fraction of sp³-hybridized carbons (Fsp3) is 0.167. The van der Waals surface area contributed by atoms with Crippen LogP contribution in [-0.2, 0) is 6.42 Å². The van der Waals surface area contributed by atoms with Crippen molar-refractivity contribution in [3.8, 4) is 17.3 Å². The summed E-state index contributed by atoms with van der Waals surface area (Å²) in [6.07, 6.45) is 3.53. The average Bonchev–Trinajstić information content (AvgIpc) is 2.84. The lowest BCUT2D eigenvalue weighted by atomic mass is 9.95. The Hall–Kier alpha value is -4.65. The molecule has 10 heteroatoms. The number of nitrogens with two attached hydrogens (primary N) is 2. The number of carbonyl (C=O) groups is 1. The van der Waals surface area contributed by atoms with Crippen LogP contribution in [0.3, 0.4) is 0 Å². The standard InChI is InChI=1S/C19H18FN3O.C5H5N5/c1-3-14-18(16-7-5-6-10-22-16)17(19(24)21-4-2)13-11-12(20)8-9-15(13)23-14;6-1-3-4(7)9-2-10-5(3)8/h5-11H,3-4H2,1-2H3,(H,21,24);2H,(H4,7,8,9,10). The molecule has 1 aromatic carbocycles. The Morgan fingerprint density at radius 1 is 1.12 bits per heavy atom. The highest BCUT2D eigenvalue weighted by Crippen LogP contribution is 2.32. The molecule has 0 aliphatic rings. The summed E-state index contributed by atoms with van der Waals surface area (Å²) in [6.45, 7) is 4.32. The maximum Gasteiger partial charge on any atom is 0.252 e. The van der Waals surface area contributed by atoms with E-state index in [-0.39, 0.29) is 23.1 Å². The van der Waals surface area contributed by atoms with Gasteiger partial charge in [-0.15, -0.1) is 0 Å². The number of nitrogens with zero attached hydrogens (tertiary/aromatic N) is 5. The van der Waals surface area contributed by atoms with Crippen LogP contribution in [-0.4, -0.2) is 32.4 Å². The van der Waals surface area contributed by atoms with E-state index < -0.39 is 5.82 Å². The van der Waals surface area contributed by atoms with Crippen molar-refractivity contribution in [1.82, 2.24) is 25.3 Å². The van der Waals surface area contributed by atoms with E-state index in [2.05, 4.69) is 25.3 Å². The molecule has 5 N–H and O–H groups in total. The summed E-state index contributed by atoms with van der Waals surface area (Å²) in [7, 11) is 0.